The van der Waals surface area contributed by atoms with Gasteiger partial charge in [0.05, 0.1) is 11.2 Å². The SMILES string of the molecule is NC(=O)C(=O)C(Cc1cccnc1)NC(=O)c1scnc1-c1ccccn1. The molecule has 0 fully saturated rings. The van der Waals surface area contributed by atoms with Crippen molar-refractivity contribution in [2.24, 2.45) is 5.73 Å². The number of nitrogens with zero attached hydrogens (tertiary/aromatic N) is 3. The lowest BCUT2D eigenvalue weighted by molar-refractivity contribution is -0.137. The first kappa shape index (κ1) is 18.3. The van der Waals surface area contributed by atoms with Gasteiger partial charge in [-0.05, 0) is 23.8 Å². The topological polar surface area (TPSA) is 128 Å². The Morgan fingerprint density at radius 1 is 1.11 bits per heavy atom. The Bertz CT molecular complexity index is 959. The van der Waals surface area contributed by atoms with E-state index in [1.807, 2.05) is 0 Å². The number of carbonyl (C=O) groups excluding carboxylic acids is 3. The first-order valence-electron chi connectivity index (χ1n) is 7.94. The third-order valence-electron chi connectivity index (χ3n) is 3.71. The maximum atomic E-state index is 12.7. The number of thiazole rings is 1. The number of hydrogen-bond acceptors (Lipinski definition) is 7. The molecule has 1 atom stereocenters. The van der Waals surface area contributed by atoms with E-state index in [9.17, 15) is 14.4 Å². The fraction of sp³-hybridized carbons (Fsp3) is 0.111. The first-order valence-corrected chi connectivity index (χ1v) is 8.82. The smallest absolute Gasteiger partial charge is 0.287 e. The number of rotatable bonds is 7. The van der Waals surface area contributed by atoms with Gasteiger partial charge < -0.3 is 11.1 Å². The number of amides is 2. The van der Waals surface area contributed by atoms with E-state index in [-0.39, 0.29) is 6.42 Å². The summed E-state index contributed by atoms with van der Waals surface area (Å²) in [4.78, 5) is 48.9. The van der Waals surface area contributed by atoms with Gasteiger partial charge in [0.15, 0.2) is 0 Å². The molecule has 0 bridgehead atoms. The van der Waals surface area contributed by atoms with Crippen molar-refractivity contribution in [1.82, 2.24) is 20.3 Å². The average molecular weight is 381 g/mol. The molecule has 27 heavy (non-hydrogen) atoms. The average Bonchev–Trinajstić information content (AvgIpc) is 3.18. The highest BCUT2D eigenvalue weighted by molar-refractivity contribution is 7.12. The molecule has 3 rings (SSSR count). The van der Waals surface area contributed by atoms with Crippen LogP contribution in [0, 0.1) is 0 Å². The molecule has 0 aliphatic carbocycles. The van der Waals surface area contributed by atoms with E-state index < -0.39 is 23.6 Å². The zero-order valence-corrected chi connectivity index (χ0v) is 14.8. The highest BCUT2D eigenvalue weighted by Crippen LogP contribution is 2.23. The molecule has 3 aromatic heterocycles. The number of nitrogens with one attached hydrogen (secondary N) is 1. The number of primary amides is 1. The normalized spacial score (nSPS) is 11.6. The summed E-state index contributed by atoms with van der Waals surface area (Å²) in [6, 6.07) is 7.61. The van der Waals surface area contributed by atoms with Crippen LogP contribution in [-0.2, 0) is 16.0 Å². The van der Waals surface area contributed by atoms with Crippen LogP contribution in [0.3, 0.4) is 0 Å². The van der Waals surface area contributed by atoms with Gasteiger partial charge in [-0.25, -0.2) is 4.98 Å². The molecular formula is C18H15N5O3S. The maximum absolute atomic E-state index is 12.7. The van der Waals surface area contributed by atoms with E-state index in [2.05, 4.69) is 20.3 Å². The number of aromatic nitrogens is 3. The number of ketones is 1. The fourth-order valence-electron chi connectivity index (χ4n) is 2.45. The van der Waals surface area contributed by atoms with Crippen LogP contribution in [0.25, 0.3) is 11.4 Å². The van der Waals surface area contributed by atoms with Crippen molar-refractivity contribution in [3.05, 3.63) is 64.9 Å². The van der Waals surface area contributed by atoms with Crippen LogP contribution in [0.1, 0.15) is 15.2 Å². The Hall–Kier alpha value is -3.46. The van der Waals surface area contributed by atoms with E-state index in [1.165, 1.54) is 5.51 Å². The lowest BCUT2D eigenvalue weighted by atomic mass is 10.0. The fourth-order valence-corrected chi connectivity index (χ4v) is 3.15. The largest absolute Gasteiger partial charge is 0.363 e. The van der Waals surface area contributed by atoms with Gasteiger partial charge in [-0.3, -0.25) is 24.4 Å². The van der Waals surface area contributed by atoms with Crippen LogP contribution in [0.15, 0.2) is 54.4 Å². The molecule has 0 aliphatic heterocycles. The van der Waals surface area contributed by atoms with Gasteiger partial charge in [-0.15, -0.1) is 11.3 Å². The molecule has 8 nitrogen and oxygen atoms in total. The second kappa shape index (κ2) is 8.28. The van der Waals surface area contributed by atoms with Crippen LogP contribution in [0.2, 0.25) is 0 Å². The minimum atomic E-state index is -1.11. The van der Waals surface area contributed by atoms with Crippen molar-refractivity contribution in [2.75, 3.05) is 0 Å². The van der Waals surface area contributed by atoms with Crippen molar-refractivity contribution in [2.45, 2.75) is 12.5 Å². The summed E-state index contributed by atoms with van der Waals surface area (Å²) in [7, 11) is 0. The van der Waals surface area contributed by atoms with Gasteiger partial charge >= 0.3 is 0 Å². The minimum Gasteiger partial charge on any atom is -0.363 e. The molecule has 0 saturated carbocycles. The maximum Gasteiger partial charge on any atom is 0.287 e. The van der Waals surface area contributed by atoms with Gasteiger partial charge in [-0.1, -0.05) is 12.1 Å². The van der Waals surface area contributed by atoms with E-state index in [0.29, 0.717) is 21.8 Å². The molecule has 3 aromatic rings. The molecule has 1 unspecified atom stereocenters. The van der Waals surface area contributed by atoms with E-state index in [1.54, 1.807) is 48.9 Å². The second-order valence-electron chi connectivity index (χ2n) is 5.57. The van der Waals surface area contributed by atoms with Crippen LogP contribution in [-0.4, -0.2) is 38.6 Å². The van der Waals surface area contributed by atoms with Gasteiger partial charge in [0, 0.05) is 25.0 Å². The number of Topliss-reactive ketones (excluding diaryl/α,β-unsaturated/α-hetero) is 1. The summed E-state index contributed by atoms with van der Waals surface area (Å²) in [5.41, 5.74) is 8.28. The van der Waals surface area contributed by atoms with Gasteiger partial charge in [0.2, 0.25) is 5.78 Å². The van der Waals surface area contributed by atoms with Crippen molar-refractivity contribution < 1.29 is 14.4 Å². The molecule has 3 heterocycles. The predicted octanol–water partition coefficient (Wildman–Crippen LogP) is 0.996. The summed E-state index contributed by atoms with van der Waals surface area (Å²) in [5.74, 6) is -2.52. The summed E-state index contributed by atoms with van der Waals surface area (Å²) in [6.45, 7) is 0. The summed E-state index contributed by atoms with van der Waals surface area (Å²) < 4.78 is 0. The molecule has 0 saturated heterocycles. The van der Waals surface area contributed by atoms with E-state index in [0.717, 1.165) is 11.3 Å². The second-order valence-corrected chi connectivity index (χ2v) is 6.42. The molecule has 0 aromatic carbocycles. The number of nitrogens with two attached hydrogens (primary N) is 1. The highest BCUT2D eigenvalue weighted by atomic mass is 32.1. The van der Waals surface area contributed by atoms with Crippen LogP contribution in [0.4, 0.5) is 0 Å². The van der Waals surface area contributed by atoms with Gasteiger partial charge in [-0.2, -0.15) is 0 Å². The Balaban J connectivity index is 1.84. The van der Waals surface area contributed by atoms with Crippen LogP contribution in [0.5, 0.6) is 0 Å². The van der Waals surface area contributed by atoms with E-state index >= 15 is 0 Å². The molecule has 0 spiro atoms. The molecule has 2 amide bonds. The zero-order chi connectivity index (χ0) is 19.2. The van der Waals surface area contributed by atoms with Crippen molar-refractivity contribution in [3.8, 4) is 11.4 Å². The minimum absolute atomic E-state index is 0.0963. The van der Waals surface area contributed by atoms with Gasteiger partial charge in [0.1, 0.15) is 16.6 Å². The molecule has 136 valence electrons. The van der Waals surface area contributed by atoms with Crippen LogP contribution < -0.4 is 11.1 Å². The number of pyridine rings is 2. The number of hydrogen-bond donors (Lipinski definition) is 2. The van der Waals surface area contributed by atoms with Gasteiger partial charge in [0.25, 0.3) is 11.8 Å². The van der Waals surface area contributed by atoms with E-state index in [4.69, 9.17) is 5.73 Å². The standard InChI is InChI=1S/C18H15N5O3S/c19-17(25)15(24)13(8-11-4-3-6-20-9-11)23-18(26)16-14(22-10-27-16)12-5-1-2-7-21-12/h1-7,9-10,13H,8H2,(H2,19,25)(H,23,26). The summed E-state index contributed by atoms with van der Waals surface area (Å²) in [5, 5.41) is 2.58. The highest BCUT2D eigenvalue weighted by Gasteiger charge is 2.27. The number of carbonyl (C=O) groups is 3. The molecule has 0 aliphatic rings. The van der Waals surface area contributed by atoms with Crippen molar-refractivity contribution in [1.29, 1.82) is 0 Å². The first-order chi connectivity index (χ1) is 13.1. The molecule has 0 radical (unpaired) electrons. The monoisotopic (exact) mass is 381 g/mol. The zero-order valence-electron chi connectivity index (χ0n) is 14.0. The van der Waals surface area contributed by atoms with Crippen molar-refractivity contribution >= 4 is 28.9 Å². The molecular weight excluding hydrogens is 366 g/mol. The Labute approximate surface area is 158 Å². The summed E-state index contributed by atoms with van der Waals surface area (Å²) in [6.07, 6.45) is 4.83. The lowest BCUT2D eigenvalue weighted by Gasteiger charge is -2.16. The van der Waals surface area contributed by atoms with Crippen molar-refractivity contribution in [3.63, 3.8) is 0 Å². The Kier molecular flexibility index (Phi) is 5.62. The summed E-state index contributed by atoms with van der Waals surface area (Å²) >= 11 is 1.12. The Morgan fingerprint density at radius 2 is 1.96 bits per heavy atom. The Morgan fingerprint density at radius 3 is 2.63 bits per heavy atom. The molecule has 9 heteroatoms. The quantitative estimate of drug-likeness (QED) is 0.588. The lowest BCUT2D eigenvalue weighted by Crippen LogP contribution is -2.47. The predicted molar refractivity (Wildman–Crippen MR) is 98.7 cm³/mol. The third-order valence-corrected chi connectivity index (χ3v) is 4.53. The molecule has 3 N–H and O–H groups in total. The van der Waals surface area contributed by atoms with Crippen LogP contribution >= 0.6 is 11.3 Å². The third kappa shape index (κ3) is 4.39.